The van der Waals surface area contributed by atoms with E-state index < -0.39 is 0 Å². The molecule has 160 valence electrons. The average molecular weight is 489 g/mol. The number of hydrogen-bond acceptors (Lipinski definition) is 4. The summed E-state index contributed by atoms with van der Waals surface area (Å²) in [6.45, 7) is 0. The van der Waals surface area contributed by atoms with E-state index in [1.165, 1.54) is 16.7 Å². The lowest BCUT2D eigenvalue weighted by Gasteiger charge is -2.34. The molecule has 0 aliphatic carbocycles. The molecule has 4 heteroatoms. The van der Waals surface area contributed by atoms with Crippen LogP contribution in [0.1, 0.15) is 36.0 Å². The quantitative estimate of drug-likeness (QED) is 0.262. The Balaban J connectivity index is 0.000000260. The predicted molar refractivity (Wildman–Crippen MR) is 150 cm³/mol. The molecule has 0 amide bonds. The van der Waals surface area contributed by atoms with Crippen LogP contribution in [0, 0.1) is 0 Å². The number of thiocarbonyl (C=S) groups is 1. The molecule has 1 saturated heterocycles. The third-order valence-electron chi connectivity index (χ3n) is 4.89. The highest BCUT2D eigenvalue weighted by Crippen LogP contribution is 2.66. The molecule has 0 saturated carbocycles. The maximum absolute atomic E-state index is 4.69. The molecule has 0 unspecified atom stereocenters. The third kappa shape index (κ3) is 6.52. The maximum Gasteiger partial charge on any atom is 0.0780 e. The summed E-state index contributed by atoms with van der Waals surface area (Å²) in [5, 5.41) is 1.67. The molecule has 1 fully saturated rings. The zero-order valence-electron chi connectivity index (χ0n) is 17.5. The van der Waals surface area contributed by atoms with E-state index in [9.17, 15) is 0 Å². The van der Waals surface area contributed by atoms with Crippen LogP contribution in [0.15, 0.2) is 121 Å². The largest absolute Gasteiger partial charge is 0.123 e. The zero-order valence-corrected chi connectivity index (χ0v) is 20.8. The highest BCUT2D eigenvalue weighted by molar-refractivity contribution is 8.32. The minimum Gasteiger partial charge on any atom is -0.123 e. The van der Waals surface area contributed by atoms with Crippen molar-refractivity contribution < 1.29 is 0 Å². The van der Waals surface area contributed by atoms with Crippen molar-refractivity contribution >= 4 is 52.9 Å². The van der Waals surface area contributed by atoms with Crippen LogP contribution in [0.5, 0.6) is 0 Å². The van der Waals surface area contributed by atoms with E-state index in [-0.39, 0.29) is 0 Å². The Morgan fingerprint density at radius 3 is 0.969 bits per heavy atom. The smallest absolute Gasteiger partial charge is 0.0780 e. The first-order chi connectivity index (χ1) is 15.8. The average Bonchev–Trinajstić information content (AvgIpc) is 2.91. The molecule has 1 aliphatic heterocycles. The highest BCUT2D eigenvalue weighted by Gasteiger charge is 2.33. The lowest BCUT2D eigenvalue weighted by atomic mass is 10.2. The van der Waals surface area contributed by atoms with Gasteiger partial charge >= 0.3 is 0 Å². The SMILES string of the molecule is S=Cc1ccccc1.c1ccc(C2SC(c3ccccc3)SC(c3ccccc3)S2)cc1. The molecule has 0 spiro atoms. The fourth-order valence-corrected chi connectivity index (χ4v) is 9.39. The third-order valence-corrected chi connectivity index (χ3v) is 10.3. The van der Waals surface area contributed by atoms with E-state index >= 15 is 0 Å². The van der Waals surface area contributed by atoms with E-state index in [4.69, 9.17) is 12.2 Å². The van der Waals surface area contributed by atoms with Crippen LogP contribution in [0.2, 0.25) is 0 Å². The molecule has 0 atom stereocenters. The van der Waals surface area contributed by atoms with Crippen LogP contribution < -0.4 is 0 Å². The van der Waals surface area contributed by atoms with Gasteiger partial charge in [0.2, 0.25) is 0 Å². The molecule has 0 bridgehead atoms. The van der Waals surface area contributed by atoms with Crippen molar-refractivity contribution in [2.45, 2.75) is 13.7 Å². The monoisotopic (exact) mass is 488 g/mol. The minimum atomic E-state index is 0.461. The van der Waals surface area contributed by atoms with Crippen LogP contribution in [0.25, 0.3) is 0 Å². The standard InChI is InChI=1S/C21H18S3.C7H6S/c1-4-10-16(11-5-1)19-22-20(17-12-6-2-7-13-17)24-21(23-19)18-14-8-3-9-15-18;8-6-7-4-2-1-3-5-7/h1-15,19-21H;1-6H. The summed E-state index contributed by atoms with van der Waals surface area (Å²) in [4.78, 5) is 0. The van der Waals surface area contributed by atoms with Gasteiger partial charge < -0.3 is 0 Å². The molecule has 32 heavy (non-hydrogen) atoms. The van der Waals surface area contributed by atoms with Crippen molar-refractivity contribution in [2.75, 3.05) is 0 Å². The van der Waals surface area contributed by atoms with Crippen LogP contribution in [0.3, 0.4) is 0 Å². The molecule has 1 heterocycles. The summed E-state index contributed by atoms with van der Waals surface area (Å²) >= 11 is 10.9. The van der Waals surface area contributed by atoms with E-state index in [1.54, 1.807) is 5.37 Å². The molecule has 4 aromatic carbocycles. The van der Waals surface area contributed by atoms with Crippen molar-refractivity contribution in [1.29, 1.82) is 0 Å². The minimum absolute atomic E-state index is 0.461. The first-order valence-corrected chi connectivity index (χ1v) is 13.7. The van der Waals surface area contributed by atoms with Gasteiger partial charge in [-0.2, -0.15) is 0 Å². The molecule has 4 aromatic rings. The molecular formula is C28H24S4. The van der Waals surface area contributed by atoms with Gasteiger partial charge in [0, 0.05) is 5.37 Å². The summed E-state index contributed by atoms with van der Waals surface area (Å²) in [6, 6.07) is 42.6. The van der Waals surface area contributed by atoms with Crippen LogP contribution in [-0.4, -0.2) is 5.37 Å². The Morgan fingerprint density at radius 2 is 0.719 bits per heavy atom. The second-order valence-corrected chi connectivity index (χ2v) is 11.9. The van der Waals surface area contributed by atoms with Gasteiger partial charge in [-0.1, -0.05) is 134 Å². The van der Waals surface area contributed by atoms with Crippen molar-refractivity contribution in [3.63, 3.8) is 0 Å². The number of rotatable bonds is 4. The number of hydrogen-bond donors (Lipinski definition) is 0. The predicted octanol–water partition coefficient (Wildman–Crippen LogP) is 9.33. The van der Waals surface area contributed by atoms with Gasteiger partial charge in [0.05, 0.1) is 13.7 Å². The second-order valence-electron chi connectivity index (χ2n) is 7.16. The van der Waals surface area contributed by atoms with Crippen molar-refractivity contribution in [3.05, 3.63) is 144 Å². The van der Waals surface area contributed by atoms with Crippen molar-refractivity contribution in [2.24, 2.45) is 0 Å². The highest BCUT2D eigenvalue weighted by atomic mass is 32.3. The Kier molecular flexibility index (Phi) is 8.92. The first kappa shape index (κ1) is 23.2. The van der Waals surface area contributed by atoms with Gasteiger partial charge in [-0.05, 0) is 22.3 Å². The summed E-state index contributed by atoms with van der Waals surface area (Å²) in [6.07, 6.45) is 0. The van der Waals surface area contributed by atoms with Gasteiger partial charge in [0.25, 0.3) is 0 Å². The summed E-state index contributed by atoms with van der Waals surface area (Å²) < 4.78 is 1.38. The Labute approximate surface area is 209 Å². The van der Waals surface area contributed by atoms with Gasteiger partial charge in [0.1, 0.15) is 0 Å². The number of benzene rings is 4. The van der Waals surface area contributed by atoms with E-state index in [0.29, 0.717) is 13.7 Å². The van der Waals surface area contributed by atoms with E-state index in [2.05, 4.69) is 126 Å². The summed E-state index contributed by atoms with van der Waals surface area (Å²) in [5.74, 6) is 0. The molecule has 1 aliphatic rings. The summed E-state index contributed by atoms with van der Waals surface area (Å²) in [5.41, 5.74) is 5.33. The lowest BCUT2D eigenvalue weighted by molar-refractivity contribution is 1.26. The lowest BCUT2D eigenvalue weighted by Crippen LogP contribution is -2.05. The Hall–Kier alpha value is -1.98. The topological polar surface area (TPSA) is 0 Å². The van der Waals surface area contributed by atoms with E-state index in [0.717, 1.165) is 5.56 Å². The van der Waals surface area contributed by atoms with Gasteiger partial charge in [-0.3, -0.25) is 0 Å². The number of thioether (sulfide) groups is 3. The van der Waals surface area contributed by atoms with Crippen molar-refractivity contribution in [3.8, 4) is 0 Å². The van der Waals surface area contributed by atoms with Gasteiger partial charge in [-0.15, -0.1) is 35.3 Å². The first-order valence-electron chi connectivity index (χ1n) is 10.4. The fraction of sp³-hybridized carbons (Fsp3) is 0.107. The Morgan fingerprint density at radius 1 is 0.438 bits per heavy atom. The van der Waals surface area contributed by atoms with Gasteiger partial charge in [-0.25, -0.2) is 0 Å². The second kappa shape index (κ2) is 12.3. The van der Waals surface area contributed by atoms with Crippen LogP contribution in [0.4, 0.5) is 0 Å². The van der Waals surface area contributed by atoms with Crippen molar-refractivity contribution in [1.82, 2.24) is 0 Å². The fourth-order valence-electron chi connectivity index (χ4n) is 3.27. The summed E-state index contributed by atoms with van der Waals surface area (Å²) in [7, 11) is 0. The Bertz CT molecular complexity index is 955. The molecule has 0 N–H and O–H groups in total. The molecule has 0 nitrogen and oxygen atoms in total. The van der Waals surface area contributed by atoms with Crippen LogP contribution >= 0.6 is 47.5 Å². The molecule has 0 radical (unpaired) electrons. The van der Waals surface area contributed by atoms with Gasteiger partial charge in [0.15, 0.2) is 0 Å². The van der Waals surface area contributed by atoms with E-state index in [1.807, 2.05) is 30.3 Å². The maximum atomic E-state index is 4.69. The molecular weight excluding hydrogens is 465 g/mol. The van der Waals surface area contributed by atoms with Crippen LogP contribution in [-0.2, 0) is 0 Å². The normalized spacial score (nSPS) is 19.9. The molecule has 5 rings (SSSR count). The molecule has 0 aromatic heterocycles. The zero-order chi connectivity index (χ0) is 22.0.